The molecule has 5 nitrogen and oxygen atoms in total. The number of thiazole rings is 1. The Balaban J connectivity index is 2.17. The smallest absolute Gasteiger partial charge is 0.347 e. The van der Waals surface area contributed by atoms with Gasteiger partial charge in [-0.15, -0.1) is 11.3 Å². The van der Waals surface area contributed by atoms with Gasteiger partial charge in [0.15, 0.2) is 0 Å². The van der Waals surface area contributed by atoms with Crippen molar-refractivity contribution in [2.75, 3.05) is 0 Å². The zero-order valence-electron chi connectivity index (χ0n) is 14.2. The van der Waals surface area contributed by atoms with Crippen LogP contribution in [0.4, 0.5) is 0 Å². The van der Waals surface area contributed by atoms with E-state index in [0.717, 1.165) is 16.9 Å². The Morgan fingerprint density at radius 2 is 1.79 bits per heavy atom. The van der Waals surface area contributed by atoms with Crippen LogP contribution in [0.5, 0.6) is 0 Å². The summed E-state index contributed by atoms with van der Waals surface area (Å²) in [5, 5.41) is 12.7. The van der Waals surface area contributed by atoms with E-state index in [4.69, 9.17) is 5.11 Å². The van der Waals surface area contributed by atoms with Gasteiger partial charge in [-0.25, -0.2) is 9.78 Å². The van der Waals surface area contributed by atoms with Crippen molar-refractivity contribution in [3.8, 4) is 0 Å². The predicted octanol–water partition coefficient (Wildman–Crippen LogP) is 3.77. The maximum absolute atomic E-state index is 12.7. The molecule has 0 radical (unpaired) electrons. The van der Waals surface area contributed by atoms with Gasteiger partial charge in [0.25, 0.3) is 0 Å². The standard InChI is InChI=1S/C18H22N2O3S/c1-10(2)14(13-8-6-5-7-9-13)16(21)19-12(4)17-20-11(3)15(24-17)18(22)23/h5-10,12,14H,1-4H3,(H,19,21)(H,22,23). The number of hydrogen-bond acceptors (Lipinski definition) is 4. The highest BCUT2D eigenvalue weighted by molar-refractivity contribution is 7.13. The molecule has 6 heteroatoms. The van der Waals surface area contributed by atoms with Crippen LogP contribution in [-0.2, 0) is 4.79 Å². The predicted molar refractivity (Wildman–Crippen MR) is 94.4 cm³/mol. The molecule has 2 N–H and O–H groups in total. The normalized spacial score (nSPS) is 13.5. The second-order valence-electron chi connectivity index (χ2n) is 6.13. The van der Waals surface area contributed by atoms with Gasteiger partial charge in [0.1, 0.15) is 9.88 Å². The number of carbonyl (C=O) groups excluding carboxylic acids is 1. The number of carboxylic acids is 1. The van der Waals surface area contributed by atoms with Crippen LogP contribution in [0.25, 0.3) is 0 Å². The third kappa shape index (κ3) is 4.00. The Kier molecular flexibility index (Phi) is 5.72. The lowest BCUT2D eigenvalue weighted by Crippen LogP contribution is -2.33. The molecule has 1 aromatic heterocycles. The molecule has 0 bridgehead atoms. The van der Waals surface area contributed by atoms with Gasteiger partial charge < -0.3 is 10.4 Å². The molecule has 2 rings (SSSR count). The third-order valence-electron chi connectivity index (χ3n) is 3.84. The van der Waals surface area contributed by atoms with Gasteiger partial charge in [-0.2, -0.15) is 0 Å². The number of rotatable bonds is 6. The summed E-state index contributed by atoms with van der Waals surface area (Å²) >= 11 is 1.11. The Bertz CT molecular complexity index is 725. The molecule has 0 spiro atoms. The molecule has 0 aliphatic heterocycles. The van der Waals surface area contributed by atoms with E-state index >= 15 is 0 Å². The van der Waals surface area contributed by atoms with Gasteiger partial charge in [0, 0.05) is 0 Å². The van der Waals surface area contributed by atoms with Gasteiger partial charge in [-0.3, -0.25) is 4.79 Å². The van der Waals surface area contributed by atoms with Crippen LogP contribution < -0.4 is 5.32 Å². The first-order valence-electron chi connectivity index (χ1n) is 7.87. The van der Waals surface area contributed by atoms with Crippen LogP contribution in [0.3, 0.4) is 0 Å². The molecule has 2 aromatic rings. The largest absolute Gasteiger partial charge is 0.477 e. The van der Waals surface area contributed by atoms with Gasteiger partial charge in [0.05, 0.1) is 17.7 Å². The Labute approximate surface area is 145 Å². The summed E-state index contributed by atoms with van der Waals surface area (Å²) in [4.78, 5) is 28.4. The van der Waals surface area contributed by atoms with Crippen molar-refractivity contribution in [1.82, 2.24) is 10.3 Å². The minimum absolute atomic E-state index is 0.0755. The number of hydrogen-bond donors (Lipinski definition) is 2. The second kappa shape index (κ2) is 7.57. The molecule has 0 fully saturated rings. The fourth-order valence-electron chi connectivity index (χ4n) is 2.67. The number of carbonyl (C=O) groups is 2. The van der Waals surface area contributed by atoms with Crippen molar-refractivity contribution in [3.63, 3.8) is 0 Å². The van der Waals surface area contributed by atoms with Crippen molar-refractivity contribution >= 4 is 23.2 Å². The SMILES string of the molecule is Cc1nc(C(C)NC(=O)C(c2ccccc2)C(C)C)sc1C(=O)O. The van der Waals surface area contributed by atoms with Crippen LogP contribution in [-0.4, -0.2) is 22.0 Å². The lowest BCUT2D eigenvalue weighted by Gasteiger charge is -2.22. The van der Waals surface area contributed by atoms with Crippen LogP contribution in [0.15, 0.2) is 30.3 Å². The monoisotopic (exact) mass is 346 g/mol. The van der Waals surface area contributed by atoms with E-state index in [1.165, 1.54) is 0 Å². The summed E-state index contributed by atoms with van der Waals surface area (Å²) in [6.07, 6.45) is 0. The zero-order chi connectivity index (χ0) is 17.9. The lowest BCUT2D eigenvalue weighted by molar-refractivity contribution is -0.124. The van der Waals surface area contributed by atoms with Gasteiger partial charge in [-0.05, 0) is 25.3 Å². The Morgan fingerprint density at radius 3 is 2.29 bits per heavy atom. The van der Waals surface area contributed by atoms with Crippen LogP contribution in [0.1, 0.15) is 58.7 Å². The molecule has 128 valence electrons. The minimum atomic E-state index is -0.987. The molecule has 0 aliphatic rings. The fraction of sp³-hybridized carbons (Fsp3) is 0.389. The molecule has 0 saturated carbocycles. The molecule has 1 heterocycles. The zero-order valence-corrected chi connectivity index (χ0v) is 15.1. The van der Waals surface area contributed by atoms with E-state index in [1.807, 2.05) is 51.1 Å². The Hall–Kier alpha value is -2.21. The van der Waals surface area contributed by atoms with E-state index in [2.05, 4.69) is 10.3 Å². The van der Waals surface area contributed by atoms with Gasteiger partial charge in [-0.1, -0.05) is 44.2 Å². The molecule has 2 atom stereocenters. The molecule has 1 aromatic carbocycles. The number of aromatic carboxylic acids is 1. The van der Waals surface area contributed by atoms with E-state index in [1.54, 1.807) is 6.92 Å². The molecular formula is C18H22N2O3S. The minimum Gasteiger partial charge on any atom is -0.477 e. The number of nitrogens with zero attached hydrogens (tertiary/aromatic N) is 1. The first-order chi connectivity index (χ1) is 11.3. The van der Waals surface area contributed by atoms with Crippen LogP contribution in [0, 0.1) is 12.8 Å². The number of aromatic nitrogens is 1. The summed E-state index contributed by atoms with van der Waals surface area (Å²) in [6.45, 7) is 7.51. The average Bonchev–Trinajstić information content (AvgIpc) is 2.90. The van der Waals surface area contributed by atoms with E-state index < -0.39 is 5.97 Å². The van der Waals surface area contributed by atoms with Crippen LogP contribution >= 0.6 is 11.3 Å². The van der Waals surface area contributed by atoms with E-state index in [0.29, 0.717) is 10.7 Å². The molecule has 24 heavy (non-hydrogen) atoms. The maximum atomic E-state index is 12.7. The first kappa shape index (κ1) is 18.1. The van der Waals surface area contributed by atoms with Crippen LogP contribution in [0.2, 0.25) is 0 Å². The quantitative estimate of drug-likeness (QED) is 0.834. The first-order valence-corrected chi connectivity index (χ1v) is 8.68. The number of amides is 1. The summed E-state index contributed by atoms with van der Waals surface area (Å²) in [6, 6.07) is 9.33. The summed E-state index contributed by atoms with van der Waals surface area (Å²) in [5.41, 5.74) is 1.45. The fourth-order valence-corrected chi connectivity index (χ4v) is 3.57. The summed E-state index contributed by atoms with van der Waals surface area (Å²) < 4.78 is 0. The number of aryl methyl sites for hydroxylation is 1. The highest BCUT2D eigenvalue weighted by Gasteiger charge is 2.26. The van der Waals surface area contributed by atoms with Crippen molar-refractivity contribution in [1.29, 1.82) is 0 Å². The molecular weight excluding hydrogens is 324 g/mol. The van der Waals surface area contributed by atoms with E-state index in [9.17, 15) is 9.59 Å². The van der Waals surface area contributed by atoms with Crippen molar-refractivity contribution < 1.29 is 14.7 Å². The van der Waals surface area contributed by atoms with Crippen molar-refractivity contribution in [2.24, 2.45) is 5.92 Å². The Morgan fingerprint density at radius 1 is 1.17 bits per heavy atom. The number of nitrogens with one attached hydrogen (secondary N) is 1. The molecule has 2 unspecified atom stereocenters. The van der Waals surface area contributed by atoms with E-state index in [-0.39, 0.29) is 28.7 Å². The molecule has 0 aliphatic carbocycles. The summed E-state index contributed by atoms with van der Waals surface area (Å²) in [7, 11) is 0. The lowest BCUT2D eigenvalue weighted by atomic mass is 9.87. The van der Waals surface area contributed by atoms with Crippen molar-refractivity contribution in [3.05, 3.63) is 51.5 Å². The number of benzene rings is 1. The third-order valence-corrected chi connectivity index (χ3v) is 5.17. The highest BCUT2D eigenvalue weighted by atomic mass is 32.1. The topological polar surface area (TPSA) is 79.3 Å². The maximum Gasteiger partial charge on any atom is 0.347 e. The number of carboxylic acid groups (broad SMARTS) is 1. The summed E-state index contributed by atoms with van der Waals surface area (Å²) in [5.74, 6) is -1.17. The second-order valence-corrected chi connectivity index (χ2v) is 7.17. The van der Waals surface area contributed by atoms with Gasteiger partial charge in [0.2, 0.25) is 5.91 Å². The van der Waals surface area contributed by atoms with Gasteiger partial charge >= 0.3 is 5.97 Å². The highest BCUT2D eigenvalue weighted by Crippen LogP contribution is 2.27. The molecule has 1 amide bonds. The average molecular weight is 346 g/mol. The van der Waals surface area contributed by atoms with Crippen molar-refractivity contribution in [2.45, 2.75) is 39.7 Å². The molecule has 0 saturated heterocycles.